The van der Waals surface area contributed by atoms with Gasteiger partial charge in [-0.3, -0.25) is 9.59 Å². The topological polar surface area (TPSA) is 88.6 Å². The van der Waals surface area contributed by atoms with Crippen LogP contribution in [0.5, 0.6) is 0 Å². The van der Waals surface area contributed by atoms with Crippen LogP contribution in [-0.2, 0) is 20.7 Å². The van der Waals surface area contributed by atoms with Gasteiger partial charge in [-0.2, -0.15) is 0 Å². The molecular weight excluding hydrogens is 286 g/mol. The lowest BCUT2D eigenvalue weighted by Crippen LogP contribution is -2.53. The van der Waals surface area contributed by atoms with Crippen LogP contribution in [0.1, 0.15) is 50.2 Å². The number of Topliss-reactive ketones (excluding diaryl/α,β-unsaturated/α-hetero) is 1. The predicted octanol–water partition coefficient (Wildman–Crippen LogP) is 2.39. The molecule has 122 valence electrons. The Morgan fingerprint density at radius 2 is 2.05 bits per heavy atom. The first-order valence-corrected chi connectivity index (χ1v) is 7.36. The highest BCUT2D eigenvalue weighted by molar-refractivity contribution is 6.01. The molecule has 1 atom stereocenters. The van der Waals surface area contributed by atoms with E-state index < -0.39 is 23.3 Å². The van der Waals surface area contributed by atoms with Gasteiger partial charge in [0.25, 0.3) is 0 Å². The molecule has 1 aliphatic rings. The Kier molecular flexibility index (Phi) is 4.44. The quantitative estimate of drug-likeness (QED) is 0.815. The van der Waals surface area contributed by atoms with E-state index in [4.69, 9.17) is 14.6 Å². The average Bonchev–Trinajstić information content (AvgIpc) is 2.87. The van der Waals surface area contributed by atoms with E-state index in [1.54, 1.807) is 26.1 Å². The normalized spacial score (nSPS) is 23.2. The average molecular weight is 309 g/mol. The largest absolute Gasteiger partial charge is 0.481 e. The van der Waals surface area contributed by atoms with Crippen LogP contribution in [0.25, 0.3) is 0 Å². The minimum absolute atomic E-state index is 0.0235. The molecule has 6 nitrogen and oxygen atoms in total. The number of carbonyl (C=O) groups excluding carboxylic acids is 1. The summed E-state index contributed by atoms with van der Waals surface area (Å²) < 4.78 is 11.5. The van der Waals surface area contributed by atoms with Crippen molar-refractivity contribution in [1.82, 2.24) is 4.98 Å². The lowest BCUT2D eigenvalue weighted by Gasteiger charge is -2.45. The Balaban J connectivity index is 2.23. The number of rotatable bonds is 5. The molecule has 2 N–H and O–H groups in total. The third kappa shape index (κ3) is 3.56. The number of ether oxygens (including phenoxy) is 2. The van der Waals surface area contributed by atoms with Crippen molar-refractivity contribution in [3.05, 3.63) is 23.5 Å². The Morgan fingerprint density at radius 1 is 1.36 bits per heavy atom. The number of aryl methyl sites for hydroxylation is 1. The fourth-order valence-corrected chi connectivity index (χ4v) is 2.54. The van der Waals surface area contributed by atoms with Crippen molar-refractivity contribution in [2.75, 3.05) is 6.61 Å². The van der Waals surface area contributed by atoms with Crippen molar-refractivity contribution < 1.29 is 24.2 Å². The van der Waals surface area contributed by atoms with E-state index in [9.17, 15) is 9.59 Å². The summed E-state index contributed by atoms with van der Waals surface area (Å²) in [6.45, 7) is 7.84. The summed E-state index contributed by atoms with van der Waals surface area (Å²) in [5.74, 6) is -1.84. The van der Waals surface area contributed by atoms with E-state index in [1.807, 2.05) is 13.8 Å². The van der Waals surface area contributed by atoms with E-state index in [1.165, 1.54) is 0 Å². The molecule has 0 radical (unpaired) electrons. The van der Waals surface area contributed by atoms with Crippen LogP contribution in [0.3, 0.4) is 0 Å². The summed E-state index contributed by atoms with van der Waals surface area (Å²) in [5, 5.41) is 8.80. The summed E-state index contributed by atoms with van der Waals surface area (Å²) in [7, 11) is 0. The zero-order valence-corrected chi connectivity index (χ0v) is 13.4. The van der Waals surface area contributed by atoms with Crippen LogP contribution in [0.2, 0.25) is 0 Å². The SMILES string of the molecule is CC1(C)OCC(C)(C)C(C(=O)c2cc[nH]c2CCC(=O)O)O1. The number of H-pyrrole nitrogens is 1. The van der Waals surface area contributed by atoms with Gasteiger partial charge in [-0.15, -0.1) is 0 Å². The second kappa shape index (κ2) is 5.85. The molecule has 1 aromatic rings. The highest BCUT2D eigenvalue weighted by Crippen LogP contribution is 2.36. The number of carboxylic acids is 1. The summed E-state index contributed by atoms with van der Waals surface area (Å²) in [6.07, 6.45) is 1.29. The molecule has 1 aromatic heterocycles. The molecule has 1 unspecified atom stereocenters. The number of aromatic nitrogens is 1. The van der Waals surface area contributed by atoms with Crippen LogP contribution in [-0.4, -0.2) is 40.3 Å². The monoisotopic (exact) mass is 309 g/mol. The van der Waals surface area contributed by atoms with Gasteiger partial charge in [-0.05, 0) is 26.3 Å². The van der Waals surface area contributed by atoms with Gasteiger partial charge in [0.1, 0.15) is 6.10 Å². The molecule has 6 heteroatoms. The smallest absolute Gasteiger partial charge is 0.303 e. The summed E-state index contributed by atoms with van der Waals surface area (Å²) in [5.41, 5.74) is 0.682. The first-order chi connectivity index (χ1) is 10.1. The molecule has 1 fully saturated rings. The van der Waals surface area contributed by atoms with E-state index in [2.05, 4.69) is 4.98 Å². The second-order valence-corrected chi connectivity index (χ2v) is 6.80. The number of aliphatic carboxylic acids is 1. The van der Waals surface area contributed by atoms with Crippen LogP contribution in [0.15, 0.2) is 12.3 Å². The van der Waals surface area contributed by atoms with Gasteiger partial charge in [-0.25, -0.2) is 0 Å². The van der Waals surface area contributed by atoms with Gasteiger partial charge in [0, 0.05) is 22.9 Å². The first kappa shape index (κ1) is 16.7. The second-order valence-electron chi connectivity index (χ2n) is 6.80. The molecular formula is C16H23NO5. The molecule has 2 heterocycles. The van der Waals surface area contributed by atoms with Crippen LogP contribution in [0, 0.1) is 5.41 Å². The third-order valence-corrected chi connectivity index (χ3v) is 3.83. The maximum atomic E-state index is 12.9. The Bertz CT molecular complexity index is 573. The highest BCUT2D eigenvalue weighted by Gasteiger charge is 2.46. The number of carbonyl (C=O) groups is 2. The summed E-state index contributed by atoms with van der Waals surface area (Å²) >= 11 is 0. The molecule has 0 bridgehead atoms. The van der Waals surface area contributed by atoms with Crippen molar-refractivity contribution in [3.8, 4) is 0 Å². The van der Waals surface area contributed by atoms with Gasteiger partial charge in [0.2, 0.25) is 0 Å². The highest BCUT2D eigenvalue weighted by atomic mass is 16.7. The van der Waals surface area contributed by atoms with Crippen molar-refractivity contribution in [3.63, 3.8) is 0 Å². The van der Waals surface area contributed by atoms with Crippen molar-refractivity contribution >= 4 is 11.8 Å². The summed E-state index contributed by atoms with van der Waals surface area (Å²) in [6, 6.07) is 1.68. The molecule has 1 saturated heterocycles. The zero-order valence-electron chi connectivity index (χ0n) is 13.4. The molecule has 0 saturated carbocycles. The Hall–Kier alpha value is -1.66. The summed E-state index contributed by atoms with van der Waals surface area (Å²) in [4.78, 5) is 26.6. The van der Waals surface area contributed by atoms with E-state index in [0.717, 1.165) is 0 Å². The minimum atomic E-state index is -0.892. The van der Waals surface area contributed by atoms with Crippen molar-refractivity contribution in [1.29, 1.82) is 0 Å². The van der Waals surface area contributed by atoms with Crippen LogP contribution >= 0.6 is 0 Å². The standard InChI is InChI=1S/C16H23NO5/c1-15(2)9-21-16(3,4)22-14(15)13(20)10-7-8-17-11(10)5-6-12(18)19/h7-8,14,17H,5-6,9H2,1-4H3,(H,18,19). The number of ketones is 1. The molecule has 0 amide bonds. The van der Waals surface area contributed by atoms with Gasteiger partial charge < -0.3 is 19.6 Å². The molecule has 0 spiro atoms. The van der Waals surface area contributed by atoms with Gasteiger partial charge in [-0.1, -0.05) is 13.8 Å². The first-order valence-electron chi connectivity index (χ1n) is 7.36. The molecule has 0 aliphatic carbocycles. The van der Waals surface area contributed by atoms with Gasteiger partial charge >= 0.3 is 5.97 Å². The maximum Gasteiger partial charge on any atom is 0.303 e. The number of nitrogens with one attached hydrogen (secondary N) is 1. The third-order valence-electron chi connectivity index (χ3n) is 3.83. The Labute approximate surface area is 129 Å². The van der Waals surface area contributed by atoms with Gasteiger partial charge in [0.15, 0.2) is 11.6 Å². The van der Waals surface area contributed by atoms with E-state index in [-0.39, 0.29) is 18.6 Å². The van der Waals surface area contributed by atoms with Crippen molar-refractivity contribution in [2.45, 2.75) is 52.4 Å². The number of aromatic amines is 1. The molecule has 0 aromatic carbocycles. The van der Waals surface area contributed by atoms with Gasteiger partial charge in [0.05, 0.1) is 13.0 Å². The van der Waals surface area contributed by atoms with Crippen LogP contribution < -0.4 is 0 Å². The minimum Gasteiger partial charge on any atom is -0.481 e. The van der Waals surface area contributed by atoms with Crippen LogP contribution in [0.4, 0.5) is 0 Å². The predicted molar refractivity (Wildman–Crippen MR) is 79.8 cm³/mol. The van der Waals surface area contributed by atoms with E-state index >= 15 is 0 Å². The Morgan fingerprint density at radius 3 is 2.68 bits per heavy atom. The molecule has 1 aliphatic heterocycles. The lowest BCUT2D eigenvalue weighted by atomic mass is 9.81. The molecule has 22 heavy (non-hydrogen) atoms. The zero-order chi connectivity index (χ0) is 16.5. The van der Waals surface area contributed by atoms with E-state index in [0.29, 0.717) is 17.9 Å². The maximum absolute atomic E-state index is 12.9. The number of carboxylic acid groups (broad SMARTS) is 1. The fraction of sp³-hybridized carbons (Fsp3) is 0.625. The van der Waals surface area contributed by atoms with Crippen molar-refractivity contribution in [2.24, 2.45) is 5.41 Å². The fourth-order valence-electron chi connectivity index (χ4n) is 2.54. The molecule has 2 rings (SSSR count). The number of hydrogen-bond acceptors (Lipinski definition) is 4. The lowest BCUT2D eigenvalue weighted by molar-refractivity contribution is -0.298. The number of hydrogen-bond donors (Lipinski definition) is 2.